The number of aromatic nitrogens is 1. The van der Waals surface area contributed by atoms with Gasteiger partial charge in [0.15, 0.2) is 5.69 Å². The van der Waals surface area contributed by atoms with E-state index in [1.807, 2.05) is 11.8 Å². The number of carboxylic acid groups (broad SMARTS) is 1. The number of ether oxygens (including phenoxy) is 1. The minimum Gasteiger partial charge on any atom is -0.477 e. The van der Waals surface area contributed by atoms with Crippen molar-refractivity contribution in [2.24, 2.45) is 0 Å². The number of pyridine rings is 1. The number of aromatic carboxylic acids is 1. The molecule has 0 fully saturated rings. The fourth-order valence-corrected chi connectivity index (χ4v) is 1.49. The second-order valence-corrected chi connectivity index (χ2v) is 3.60. The maximum absolute atomic E-state index is 10.8. The lowest BCUT2D eigenvalue weighted by Crippen LogP contribution is -2.28. The highest BCUT2D eigenvalue weighted by Crippen LogP contribution is 2.11. The third-order valence-electron chi connectivity index (χ3n) is 2.40. The minimum atomic E-state index is -1.04. The first kappa shape index (κ1) is 14.4. The highest BCUT2D eigenvalue weighted by molar-refractivity contribution is 5.85. The van der Waals surface area contributed by atoms with Crippen LogP contribution in [-0.4, -0.2) is 54.1 Å². The smallest absolute Gasteiger partial charge is 0.354 e. The molecule has 0 amide bonds. The lowest BCUT2D eigenvalue weighted by atomic mass is 10.3. The number of carbonyl (C=O) groups is 1. The zero-order valence-corrected chi connectivity index (χ0v) is 10.4. The molecule has 0 aliphatic heterocycles. The van der Waals surface area contributed by atoms with Crippen LogP contribution >= 0.6 is 0 Å². The van der Waals surface area contributed by atoms with Crippen LogP contribution < -0.4 is 4.90 Å². The SMILES string of the molecule is CCN(CCOCCO)c1cccc(C(=O)O)n1. The van der Waals surface area contributed by atoms with Gasteiger partial charge in [-0.3, -0.25) is 0 Å². The van der Waals surface area contributed by atoms with Gasteiger partial charge in [0.1, 0.15) is 5.82 Å². The van der Waals surface area contributed by atoms with E-state index in [4.69, 9.17) is 14.9 Å². The van der Waals surface area contributed by atoms with Gasteiger partial charge in [-0.15, -0.1) is 0 Å². The first-order valence-electron chi connectivity index (χ1n) is 5.83. The normalized spacial score (nSPS) is 10.3. The van der Waals surface area contributed by atoms with E-state index in [2.05, 4.69) is 4.98 Å². The van der Waals surface area contributed by atoms with Crippen molar-refractivity contribution in [3.05, 3.63) is 23.9 Å². The highest BCUT2D eigenvalue weighted by atomic mass is 16.5. The van der Waals surface area contributed by atoms with Crippen LogP contribution in [0.2, 0.25) is 0 Å². The Morgan fingerprint density at radius 1 is 1.44 bits per heavy atom. The van der Waals surface area contributed by atoms with E-state index in [9.17, 15) is 4.79 Å². The summed E-state index contributed by atoms with van der Waals surface area (Å²) in [4.78, 5) is 16.8. The molecule has 0 saturated heterocycles. The fourth-order valence-electron chi connectivity index (χ4n) is 1.49. The number of aliphatic hydroxyl groups excluding tert-OH is 1. The molecule has 0 aliphatic rings. The van der Waals surface area contributed by atoms with Crippen molar-refractivity contribution in [1.29, 1.82) is 0 Å². The third-order valence-corrected chi connectivity index (χ3v) is 2.40. The fraction of sp³-hybridized carbons (Fsp3) is 0.500. The number of carboxylic acids is 1. The van der Waals surface area contributed by atoms with Gasteiger partial charge < -0.3 is 19.8 Å². The average Bonchev–Trinajstić information content (AvgIpc) is 2.39. The van der Waals surface area contributed by atoms with Gasteiger partial charge in [-0.1, -0.05) is 6.07 Å². The van der Waals surface area contributed by atoms with Crippen molar-refractivity contribution in [2.45, 2.75) is 6.92 Å². The first-order valence-corrected chi connectivity index (χ1v) is 5.83. The van der Waals surface area contributed by atoms with Crippen molar-refractivity contribution in [3.63, 3.8) is 0 Å². The monoisotopic (exact) mass is 254 g/mol. The summed E-state index contributed by atoms with van der Waals surface area (Å²) in [6.45, 7) is 4.04. The molecule has 0 aliphatic carbocycles. The Morgan fingerprint density at radius 2 is 2.22 bits per heavy atom. The second-order valence-electron chi connectivity index (χ2n) is 3.60. The van der Waals surface area contributed by atoms with Crippen LogP contribution in [0.4, 0.5) is 5.82 Å². The zero-order chi connectivity index (χ0) is 13.4. The summed E-state index contributed by atoms with van der Waals surface area (Å²) >= 11 is 0. The van der Waals surface area contributed by atoms with Crippen molar-refractivity contribution < 1.29 is 19.7 Å². The predicted octanol–water partition coefficient (Wildman–Crippen LogP) is 0.615. The van der Waals surface area contributed by atoms with Crippen LogP contribution in [0, 0.1) is 0 Å². The van der Waals surface area contributed by atoms with Gasteiger partial charge in [0, 0.05) is 13.1 Å². The average molecular weight is 254 g/mol. The first-order chi connectivity index (χ1) is 8.69. The maximum Gasteiger partial charge on any atom is 0.354 e. The number of hydrogen-bond acceptors (Lipinski definition) is 5. The summed E-state index contributed by atoms with van der Waals surface area (Å²) in [6.07, 6.45) is 0. The van der Waals surface area contributed by atoms with E-state index in [0.29, 0.717) is 32.1 Å². The Hall–Kier alpha value is -1.66. The van der Waals surface area contributed by atoms with Gasteiger partial charge in [0.25, 0.3) is 0 Å². The molecule has 0 saturated carbocycles. The molecule has 6 nitrogen and oxygen atoms in total. The Kier molecular flexibility index (Phi) is 6.10. The number of hydrogen-bond donors (Lipinski definition) is 2. The highest BCUT2D eigenvalue weighted by Gasteiger charge is 2.09. The lowest BCUT2D eigenvalue weighted by Gasteiger charge is -2.21. The molecule has 1 heterocycles. The molecule has 6 heteroatoms. The van der Waals surface area contributed by atoms with Gasteiger partial charge in [-0.25, -0.2) is 9.78 Å². The molecule has 2 N–H and O–H groups in total. The quantitative estimate of drug-likeness (QED) is 0.662. The molecule has 100 valence electrons. The zero-order valence-electron chi connectivity index (χ0n) is 10.4. The number of nitrogens with zero attached hydrogens (tertiary/aromatic N) is 2. The number of rotatable bonds is 8. The van der Waals surface area contributed by atoms with Crippen molar-refractivity contribution in [2.75, 3.05) is 37.8 Å². The predicted molar refractivity (Wildman–Crippen MR) is 67.0 cm³/mol. The van der Waals surface area contributed by atoms with E-state index in [0.717, 1.165) is 0 Å². The molecular weight excluding hydrogens is 236 g/mol. The lowest BCUT2D eigenvalue weighted by molar-refractivity contribution is 0.0690. The summed E-state index contributed by atoms with van der Waals surface area (Å²) in [5, 5.41) is 17.5. The largest absolute Gasteiger partial charge is 0.477 e. The minimum absolute atomic E-state index is 0.00112. The third kappa shape index (κ3) is 4.31. The van der Waals surface area contributed by atoms with E-state index in [1.54, 1.807) is 12.1 Å². The summed E-state index contributed by atoms with van der Waals surface area (Å²) < 4.78 is 5.18. The Labute approximate surface area is 106 Å². The molecule has 18 heavy (non-hydrogen) atoms. The van der Waals surface area contributed by atoms with Gasteiger partial charge in [0.05, 0.1) is 19.8 Å². The Bertz CT molecular complexity index is 384. The molecule has 0 unspecified atom stereocenters. The van der Waals surface area contributed by atoms with Gasteiger partial charge in [-0.2, -0.15) is 0 Å². The number of likely N-dealkylation sites (N-methyl/N-ethyl adjacent to an activating group) is 1. The van der Waals surface area contributed by atoms with E-state index in [1.165, 1.54) is 6.07 Å². The molecule has 1 aromatic rings. The molecule has 0 atom stereocenters. The van der Waals surface area contributed by atoms with Crippen molar-refractivity contribution in [1.82, 2.24) is 4.98 Å². The van der Waals surface area contributed by atoms with Crippen molar-refractivity contribution >= 4 is 11.8 Å². The number of aliphatic hydroxyl groups is 1. The standard InChI is InChI=1S/C12H18N2O4/c1-2-14(6-8-18-9-7-15)11-5-3-4-10(13-11)12(16)17/h3-5,15H,2,6-9H2,1H3,(H,16,17). The molecule has 0 aromatic carbocycles. The molecule has 0 bridgehead atoms. The van der Waals surface area contributed by atoms with Gasteiger partial charge >= 0.3 is 5.97 Å². The molecule has 0 radical (unpaired) electrons. The Morgan fingerprint density at radius 3 is 2.83 bits per heavy atom. The van der Waals surface area contributed by atoms with E-state index >= 15 is 0 Å². The van der Waals surface area contributed by atoms with Crippen LogP contribution in [0.3, 0.4) is 0 Å². The van der Waals surface area contributed by atoms with Gasteiger partial charge in [0.2, 0.25) is 0 Å². The summed E-state index contributed by atoms with van der Waals surface area (Å²) in [5.41, 5.74) is 0.0298. The van der Waals surface area contributed by atoms with Crippen LogP contribution in [0.5, 0.6) is 0 Å². The molecule has 1 rings (SSSR count). The van der Waals surface area contributed by atoms with Crippen LogP contribution in [0.15, 0.2) is 18.2 Å². The summed E-state index contributed by atoms with van der Waals surface area (Å²) in [7, 11) is 0. The van der Waals surface area contributed by atoms with Crippen molar-refractivity contribution in [3.8, 4) is 0 Å². The van der Waals surface area contributed by atoms with Gasteiger partial charge in [-0.05, 0) is 19.1 Å². The van der Waals surface area contributed by atoms with Crippen LogP contribution in [-0.2, 0) is 4.74 Å². The molecular formula is C12H18N2O4. The van der Waals surface area contributed by atoms with E-state index in [-0.39, 0.29) is 12.3 Å². The van der Waals surface area contributed by atoms with Crippen LogP contribution in [0.25, 0.3) is 0 Å². The van der Waals surface area contributed by atoms with E-state index < -0.39 is 5.97 Å². The Balaban J connectivity index is 2.63. The summed E-state index contributed by atoms with van der Waals surface area (Å²) in [6, 6.07) is 4.90. The number of anilines is 1. The van der Waals surface area contributed by atoms with Crippen LogP contribution in [0.1, 0.15) is 17.4 Å². The maximum atomic E-state index is 10.8. The molecule has 0 spiro atoms. The topological polar surface area (TPSA) is 82.9 Å². The molecule has 1 aromatic heterocycles. The second kappa shape index (κ2) is 7.62. The summed E-state index contributed by atoms with van der Waals surface area (Å²) in [5.74, 6) is -0.422.